The fraction of sp³-hybridized carbons (Fsp3) is 1.00. The Bertz CT molecular complexity index is 181. The van der Waals surface area contributed by atoms with Gasteiger partial charge < -0.3 is 20.6 Å². The summed E-state index contributed by atoms with van der Waals surface area (Å²) in [5.74, 6) is 0.830. The first-order valence-corrected chi connectivity index (χ1v) is 6.37. The van der Waals surface area contributed by atoms with E-state index in [0.29, 0.717) is 6.54 Å². The molecule has 1 unspecified atom stereocenters. The molecule has 0 spiro atoms. The summed E-state index contributed by atoms with van der Waals surface area (Å²) >= 11 is 0. The maximum absolute atomic E-state index is 9.39. The van der Waals surface area contributed by atoms with E-state index in [2.05, 4.69) is 23.9 Å². The van der Waals surface area contributed by atoms with Crippen molar-refractivity contribution in [2.75, 3.05) is 46.8 Å². The molecule has 96 valence electrons. The van der Waals surface area contributed by atoms with Crippen LogP contribution in [0.5, 0.6) is 0 Å². The molecular formula is C12H27N3O. The van der Waals surface area contributed by atoms with Gasteiger partial charge in [0, 0.05) is 19.6 Å². The Balaban J connectivity index is 2.11. The lowest BCUT2D eigenvalue weighted by atomic mass is 9.96. The van der Waals surface area contributed by atoms with Crippen LogP contribution >= 0.6 is 0 Å². The molecule has 1 aliphatic rings. The number of hydrogen-bond donors (Lipinski definition) is 2. The largest absolute Gasteiger partial charge is 0.392 e. The van der Waals surface area contributed by atoms with Crippen LogP contribution in [0, 0.1) is 5.92 Å². The van der Waals surface area contributed by atoms with Crippen LogP contribution in [-0.4, -0.2) is 67.8 Å². The molecule has 1 aliphatic heterocycles. The molecule has 0 saturated carbocycles. The van der Waals surface area contributed by atoms with Crippen molar-refractivity contribution in [2.24, 2.45) is 11.7 Å². The Morgan fingerprint density at radius 3 is 2.62 bits per heavy atom. The maximum Gasteiger partial charge on any atom is 0.0674 e. The zero-order chi connectivity index (χ0) is 12.0. The van der Waals surface area contributed by atoms with E-state index >= 15 is 0 Å². The van der Waals surface area contributed by atoms with Crippen molar-refractivity contribution in [3.63, 3.8) is 0 Å². The van der Waals surface area contributed by atoms with Crippen LogP contribution in [0.25, 0.3) is 0 Å². The highest BCUT2D eigenvalue weighted by atomic mass is 16.3. The summed E-state index contributed by atoms with van der Waals surface area (Å²) in [7, 11) is 4.33. The summed E-state index contributed by atoms with van der Waals surface area (Å²) in [6.45, 7) is 4.94. The zero-order valence-electron chi connectivity index (χ0n) is 10.7. The lowest BCUT2D eigenvalue weighted by molar-refractivity contribution is 0.137. The minimum atomic E-state index is -0.333. The molecule has 4 heteroatoms. The molecule has 0 aromatic carbocycles. The summed E-state index contributed by atoms with van der Waals surface area (Å²) in [6.07, 6.45) is 3.07. The first-order chi connectivity index (χ1) is 7.61. The standard InChI is InChI=1S/C12H27N3O/c1-14-6-3-11(4-7-14)10-15(2)8-5-12(16)9-13/h11-12,16H,3-10,13H2,1-2H3. The van der Waals surface area contributed by atoms with E-state index in [1.54, 1.807) is 0 Å². The van der Waals surface area contributed by atoms with Crippen LogP contribution in [-0.2, 0) is 0 Å². The minimum Gasteiger partial charge on any atom is -0.392 e. The van der Waals surface area contributed by atoms with Gasteiger partial charge in [0.05, 0.1) is 6.10 Å². The average Bonchev–Trinajstić information content (AvgIpc) is 2.29. The summed E-state index contributed by atoms with van der Waals surface area (Å²) in [6, 6.07) is 0. The number of hydrogen-bond acceptors (Lipinski definition) is 4. The highest BCUT2D eigenvalue weighted by molar-refractivity contribution is 4.72. The third kappa shape index (κ3) is 5.25. The molecule has 0 aliphatic carbocycles. The van der Waals surface area contributed by atoms with Crippen LogP contribution < -0.4 is 5.73 Å². The van der Waals surface area contributed by atoms with E-state index in [-0.39, 0.29) is 6.10 Å². The Morgan fingerprint density at radius 2 is 2.06 bits per heavy atom. The molecule has 3 N–H and O–H groups in total. The molecule has 0 amide bonds. The third-order valence-corrected chi connectivity index (χ3v) is 3.52. The molecule has 1 atom stereocenters. The lowest BCUT2D eigenvalue weighted by Crippen LogP contribution is -2.36. The van der Waals surface area contributed by atoms with Gasteiger partial charge in [0.25, 0.3) is 0 Å². The normalized spacial score (nSPS) is 21.6. The van der Waals surface area contributed by atoms with Crippen molar-refractivity contribution < 1.29 is 5.11 Å². The Labute approximate surface area is 99.4 Å². The first kappa shape index (κ1) is 13.9. The number of rotatable bonds is 6. The van der Waals surface area contributed by atoms with E-state index < -0.39 is 0 Å². The van der Waals surface area contributed by atoms with Crippen LogP contribution in [0.1, 0.15) is 19.3 Å². The molecule has 1 rings (SSSR count). The van der Waals surface area contributed by atoms with Crippen molar-refractivity contribution in [3.8, 4) is 0 Å². The van der Waals surface area contributed by atoms with E-state index in [1.807, 2.05) is 0 Å². The fourth-order valence-corrected chi connectivity index (χ4v) is 2.26. The summed E-state index contributed by atoms with van der Waals surface area (Å²) in [5.41, 5.74) is 5.38. The predicted octanol–water partition coefficient (Wildman–Crippen LogP) is -0.0303. The van der Waals surface area contributed by atoms with Crippen molar-refractivity contribution >= 4 is 0 Å². The minimum absolute atomic E-state index is 0.333. The van der Waals surface area contributed by atoms with Gasteiger partial charge in [-0.15, -0.1) is 0 Å². The highest BCUT2D eigenvalue weighted by Gasteiger charge is 2.18. The first-order valence-electron chi connectivity index (χ1n) is 6.37. The molecule has 4 nitrogen and oxygen atoms in total. The Hall–Kier alpha value is -0.160. The molecule has 16 heavy (non-hydrogen) atoms. The monoisotopic (exact) mass is 229 g/mol. The zero-order valence-corrected chi connectivity index (χ0v) is 10.7. The van der Waals surface area contributed by atoms with Gasteiger partial charge in [0.15, 0.2) is 0 Å². The summed E-state index contributed by atoms with van der Waals surface area (Å²) in [5, 5.41) is 9.39. The van der Waals surface area contributed by atoms with E-state index in [1.165, 1.54) is 25.9 Å². The highest BCUT2D eigenvalue weighted by Crippen LogP contribution is 2.16. The van der Waals surface area contributed by atoms with Gasteiger partial charge in [-0.25, -0.2) is 0 Å². The quantitative estimate of drug-likeness (QED) is 0.671. The number of aliphatic hydroxyl groups is 1. The van der Waals surface area contributed by atoms with Crippen molar-refractivity contribution in [2.45, 2.75) is 25.4 Å². The smallest absolute Gasteiger partial charge is 0.0674 e. The van der Waals surface area contributed by atoms with Crippen LogP contribution in [0.4, 0.5) is 0 Å². The molecule has 1 saturated heterocycles. The number of aliphatic hydroxyl groups excluding tert-OH is 1. The topological polar surface area (TPSA) is 52.7 Å². The van der Waals surface area contributed by atoms with Gasteiger partial charge in [0.2, 0.25) is 0 Å². The molecule has 1 heterocycles. The molecule has 1 fully saturated rings. The Kier molecular flexibility index (Phi) is 6.28. The van der Waals surface area contributed by atoms with E-state index in [0.717, 1.165) is 25.4 Å². The third-order valence-electron chi connectivity index (χ3n) is 3.52. The number of piperidine rings is 1. The van der Waals surface area contributed by atoms with Crippen LogP contribution in [0.3, 0.4) is 0 Å². The van der Waals surface area contributed by atoms with Gasteiger partial charge in [-0.2, -0.15) is 0 Å². The molecule has 0 aromatic heterocycles. The molecular weight excluding hydrogens is 202 g/mol. The molecule has 0 bridgehead atoms. The second kappa shape index (κ2) is 7.22. The van der Waals surface area contributed by atoms with Gasteiger partial charge in [-0.05, 0) is 52.4 Å². The fourth-order valence-electron chi connectivity index (χ4n) is 2.26. The summed E-state index contributed by atoms with van der Waals surface area (Å²) in [4.78, 5) is 4.73. The Morgan fingerprint density at radius 1 is 1.44 bits per heavy atom. The second-order valence-electron chi connectivity index (χ2n) is 5.19. The number of nitrogens with two attached hydrogens (primary N) is 1. The SMILES string of the molecule is CN1CCC(CN(C)CCC(O)CN)CC1. The van der Waals surface area contributed by atoms with E-state index in [9.17, 15) is 5.11 Å². The van der Waals surface area contributed by atoms with Crippen molar-refractivity contribution in [1.29, 1.82) is 0 Å². The molecule has 0 radical (unpaired) electrons. The van der Waals surface area contributed by atoms with Gasteiger partial charge in [-0.1, -0.05) is 0 Å². The average molecular weight is 229 g/mol. The maximum atomic E-state index is 9.39. The van der Waals surface area contributed by atoms with Gasteiger partial charge in [-0.3, -0.25) is 0 Å². The van der Waals surface area contributed by atoms with Crippen molar-refractivity contribution in [3.05, 3.63) is 0 Å². The van der Waals surface area contributed by atoms with Crippen molar-refractivity contribution in [1.82, 2.24) is 9.80 Å². The molecule has 0 aromatic rings. The van der Waals surface area contributed by atoms with Gasteiger partial charge in [0.1, 0.15) is 0 Å². The van der Waals surface area contributed by atoms with Gasteiger partial charge >= 0.3 is 0 Å². The lowest BCUT2D eigenvalue weighted by Gasteiger charge is -2.31. The van der Waals surface area contributed by atoms with Crippen LogP contribution in [0.2, 0.25) is 0 Å². The predicted molar refractivity (Wildman–Crippen MR) is 67.4 cm³/mol. The van der Waals surface area contributed by atoms with E-state index in [4.69, 9.17) is 5.73 Å². The van der Waals surface area contributed by atoms with Crippen LogP contribution in [0.15, 0.2) is 0 Å². The summed E-state index contributed by atoms with van der Waals surface area (Å²) < 4.78 is 0. The second-order valence-corrected chi connectivity index (χ2v) is 5.19. The number of likely N-dealkylation sites (tertiary alicyclic amines) is 1. The number of nitrogens with zero attached hydrogens (tertiary/aromatic N) is 2.